The first-order chi connectivity index (χ1) is 7.74. The highest BCUT2D eigenvalue weighted by atomic mass is 35.5. The van der Waals surface area contributed by atoms with E-state index < -0.39 is 0 Å². The normalized spacial score (nSPS) is 18.4. The summed E-state index contributed by atoms with van der Waals surface area (Å²) in [5.74, 6) is -0.0554. The Bertz CT molecular complexity index is 408. The van der Waals surface area contributed by atoms with Crippen LogP contribution in [0, 0.1) is 0 Å². The summed E-state index contributed by atoms with van der Waals surface area (Å²) in [5, 5.41) is 6.52. The van der Waals surface area contributed by atoms with Crippen LogP contribution in [-0.4, -0.2) is 19.0 Å². The maximum Gasteiger partial charge on any atom is 0.246 e. The van der Waals surface area contributed by atoms with Gasteiger partial charge in [0, 0.05) is 5.56 Å². The maximum atomic E-state index is 11.7. The Labute approximate surface area is 99.2 Å². The molecule has 16 heavy (non-hydrogen) atoms. The van der Waals surface area contributed by atoms with Gasteiger partial charge < -0.3 is 16.4 Å². The third-order valence-electron chi connectivity index (χ3n) is 2.60. The second kappa shape index (κ2) is 4.82. The van der Waals surface area contributed by atoms with E-state index in [1.165, 1.54) is 0 Å². The van der Waals surface area contributed by atoms with Crippen LogP contribution in [0.3, 0.4) is 0 Å². The summed E-state index contributed by atoms with van der Waals surface area (Å²) in [6.07, 6.45) is 0.847. The Hall–Kier alpha value is -1.10. The van der Waals surface area contributed by atoms with Gasteiger partial charge in [0.1, 0.15) is 6.04 Å². The quantitative estimate of drug-likeness (QED) is 0.694. The molecule has 0 radical (unpaired) electrons. The molecule has 4 nitrogen and oxygen atoms in total. The van der Waals surface area contributed by atoms with Crippen molar-refractivity contribution in [2.45, 2.75) is 12.5 Å². The second-order valence-corrected chi connectivity index (χ2v) is 4.13. The van der Waals surface area contributed by atoms with E-state index in [0.717, 1.165) is 24.2 Å². The largest absolute Gasteiger partial charge is 0.330 e. The Morgan fingerprint density at radius 1 is 1.50 bits per heavy atom. The van der Waals surface area contributed by atoms with Gasteiger partial charge in [-0.1, -0.05) is 23.7 Å². The summed E-state index contributed by atoms with van der Waals surface area (Å²) in [6.45, 7) is 1.34. The molecule has 5 heteroatoms. The molecule has 86 valence electrons. The van der Waals surface area contributed by atoms with E-state index in [1.54, 1.807) is 6.07 Å². The fourth-order valence-electron chi connectivity index (χ4n) is 1.80. The fraction of sp³-hybridized carbons (Fsp3) is 0.364. The van der Waals surface area contributed by atoms with Crippen LogP contribution in [0.1, 0.15) is 18.0 Å². The molecule has 0 bridgehead atoms. The molecule has 1 aromatic carbocycles. The number of benzene rings is 1. The number of anilines is 1. The van der Waals surface area contributed by atoms with Gasteiger partial charge in [-0.15, -0.1) is 0 Å². The highest BCUT2D eigenvalue weighted by Crippen LogP contribution is 2.36. The molecule has 0 aliphatic carbocycles. The third kappa shape index (κ3) is 2.04. The monoisotopic (exact) mass is 239 g/mol. The van der Waals surface area contributed by atoms with Gasteiger partial charge in [-0.05, 0) is 25.6 Å². The molecule has 0 fully saturated rings. The highest BCUT2D eigenvalue weighted by Gasteiger charge is 2.30. The molecule has 0 aromatic heterocycles. The van der Waals surface area contributed by atoms with E-state index in [1.807, 2.05) is 12.1 Å². The Morgan fingerprint density at radius 3 is 3.06 bits per heavy atom. The van der Waals surface area contributed by atoms with Gasteiger partial charge >= 0.3 is 0 Å². The van der Waals surface area contributed by atoms with Crippen molar-refractivity contribution in [3.05, 3.63) is 28.8 Å². The van der Waals surface area contributed by atoms with Crippen molar-refractivity contribution in [2.75, 3.05) is 18.4 Å². The van der Waals surface area contributed by atoms with E-state index in [2.05, 4.69) is 10.6 Å². The van der Waals surface area contributed by atoms with E-state index in [4.69, 9.17) is 17.3 Å². The minimum absolute atomic E-state index is 0.0554. The number of nitrogens with one attached hydrogen (secondary N) is 2. The standard InChI is InChI=1S/C11H14ClN3O/c12-8-4-1-3-7-9(8)15-11(16)10(7)14-6-2-5-13/h1,3-4,10,14H,2,5-6,13H2,(H,15,16). The lowest BCUT2D eigenvalue weighted by Crippen LogP contribution is -2.29. The van der Waals surface area contributed by atoms with Crippen LogP contribution in [0.4, 0.5) is 5.69 Å². The van der Waals surface area contributed by atoms with Crippen LogP contribution >= 0.6 is 11.6 Å². The molecule has 1 aromatic rings. The van der Waals surface area contributed by atoms with Crippen LogP contribution in [-0.2, 0) is 4.79 Å². The van der Waals surface area contributed by atoms with Crippen molar-refractivity contribution in [1.29, 1.82) is 0 Å². The lowest BCUT2D eigenvalue weighted by molar-refractivity contribution is -0.117. The van der Waals surface area contributed by atoms with Crippen LogP contribution in [0.25, 0.3) is 0 Å². The lowest BCUT2D eigenvalue weighted by Gasteiger charge is -2.10. The van der Waals surface area contributed by atoms with Gasteiger partial charge in [0.2, 0.25) is 5.91 Å². The van der Waals surface area contributed by atoms with E-state index in [0.29, 0.717) is 11.6 Å². The molecular weight excluding hydrogens is 226 g/mol. The van der Waals surface area contributed by atoms with Crippen LogP contribution in [0.5, 0.6) is 0 Å². The molecule has 0 spiro atoms. The van der Waals surface area contributed by atoms with Crippen molar-refractivity contribution in [1.82, 2.24) is 5.32 Å². The zero-order valence-corrected chi connectivity index (χ0v) is 9.55. The number of nitrogens with two attached hydrogens (primary N) is 1. The predicted molar refractivity (Wildman–Crippen MR) is 64.5 cm³/mol. The summed E-state index contributed by atoms with van der Waals surface area (Å²) in [6, 6.07) is 5.21. The van der Waals surface area contributed by atoms with Gasteiger partial charge in [-0.2, -0.15) is 0 Å². The topological polar surface area (TPSA) is 67.1 Å². The Balaban J connectivity index is 2.16. The minimum atomic E-state index is -0.305. The highest BCUT2D eigenvalue weighted by molar-refractivity contribution is 6.34. The number of hydrogen-bond donors (Lipinski definition) is 3. The van der Waals surface area contributed by atoms with Crippen LogP contribution in [0.2, 0.25) is 5.02 Å². The number of fused-ring (bicyclic) bond motifs is 1. The molecule has 1 aliphatic rings. The van der Waals surface area contributed by atoms with Crippen molar-refractivity contribution in [3.63, 3.8) is 0 Å². The lowest BCUT2D eigenvalue weighted by atomic mass is 10.1. The van der Waals surface area contributed by atoms with Crippen molar-refractivity contribution in [2.24, 2.45) is 5.73 Å². The Kier molecular flexibility index (Phi) is 3.43. The molecule has 1 atom stereocenters. The first-order valence-corrected chi connectivity index (χ1v) is 5.64. The molecule has 2 rings (SSSR count). The summed E-state index contributed by atoms with van der Waals surface area (Å²) < 4.78 is 0. The Morgan fingerprint density at radius 2 is 2.31 bits per heavy atom. The van der Waals surface area contributed by atoms with E-state index in [-0.39, 0.29) is 11.9 Å². The zero-order valence-electron chi connectivity index (χ0n) is 8.79. The molecule has 1 unspecified atom stereocenters. The first kappa shape index (κ1) is 11.4. The number of amides is 1. The number of carbonyl (C=O) groups excluding carboxylic acids is 1. The summed E-state index contributed by atoms with van der Waals surface area (Å²) in [7, 11) is 0. The molecule has 1 heterocycles. The van der Waals surface area contributed by atoms with Gasteiger partial charge in [-0.25, -0.2) is 0 Å². The average Bonchev–Trinajstić information content (AvgIpc) is 2.58. The van der Waals surface area contributed by atoms with Gasteiger partial charge in [0.05, 0.1) is 10.7 Å². The number of para-hydroxylation sites is 1. The third-order valence-corrected chi connectivity index (χ3v) is 2.91. The van der Waals surface area contributed by atoms with E-state index >= 15 is 0 Å². The van der Waals surface area contributed by atoms with Crippen molar-refractivity contribution in [3.8, 4) is 0 Å². The number of carbonyl (C=O) groups is 1. The predicted octanol–water partition coefficient (Wildman–Crippen LogP) is 1.27. The van der Waals surface area contributed by atoms with Crippen molar-refractivity contribution >= 4 is 23.2 Å². The second-order valence-electron chi connectivity index (χ2n) is 3.72. The van der Waals surface area contributed by atoms with E-state index in [9.17, 15) is 4.79 Å². The molecular formula is C11H14ClN3O. The summed E-state index contributed by atoms with van der Waals surface area (Å²) in [5.41, 5.74) is 7.04. The smallest absolute Gasteiger partial charge is 0.246 e. The van der Waals surface area contributed by atoms with Crippen molar-refractivity contribution < 1.29 is 4.79 Å². The SMILES string of the molecule is NCCCNC1C(=O)Nc2c(Cl)cccc21. The number of hydrogen-bond acceptors (Lipinski definition) is 3. The molecule has 1 amide bonds. The molecule has 4 N–H and O–H groups in total. The van der Waals surface area contributed by atoms with Crippen LogP contribution < -0.4 is 16.4 Å². The van der Waals surface area contributed by atoms with Gasteiger partial charge in [0.25, 0.3) is 0 Å². The molecule has 1 aliphatic heterocycles. The van der Waals surface area contributed by atoms with Gasteiger partial charge in [-0.3, -0.25) is 4.79 Å². The first-order valence-electron chi connectivity index (χ1n) is 5.26. The van der Waals surface area contributed by atoms with Crippen LogP contribution in [0.15, 0.2) is 18.2 Å². The number of halogens is 1. The maximum absolute atomic E-state index is 11.7. The minimum Gasteiger partial charge on any atom is -0.330 e. The fourth-order valence-corrected chi connectivity index (χ4v) is 2.03. The molecule has 0 saturated heterocycles. The average molecular weight is 240 g/mol. The summed E-state index contributed by atoms with van der Waals surface area (Å²) >= 11 is 6.00. The molecule has 0 saturated carbocycles. The van der Waals surface area contributed by atoms with Gasteiger partial charge in [0.15, 0.2) is 0 Å². The zero-order chi connectivity index (χ0) is 11.5. The summed E-state index contributed by atoms with van der Waals surface area (Å²) in [4.78, 5) is 11.7. The number of rotatable bonds is 4.